The highest BCUT2D eigenvalue weighted by molar-refractivity contribution is 9.10. The topological polar surface area (TPSA) is 38.3 Å². The first-order chi connectivity index (χ1) is 8.56. The Kier molecular flexibility index (Phi) is 6.81. The lowest BCUT2D eigenvalue weighted by Crippen LogP contribution is -2.27. The van der Waals surface area contributed by atoms with Gasteiger partial charge >= 0.3 is 0 Å². The number of hydrogen-bond acceptors (Lipinski definition) is 2. The third kappa shape index (κ3) is 4.66. The van der Waals surface area contributed by atoms with Crippen molar-refractivity contribution in [1.29, 1.82) is 0 Å². The fraction of sp³-hybridized carbons (Fsp3) is 0.417. The number of methoxy groups -OCH3 is 1. The molecule has 1 amide bonds. The molecule has 0 bridgehead atoms. The number of carbonyl (C=O) groups is 1. The minimum Gasteiger partial charge on any atom is -0.384 e. The van der Waals surface area contributed by atoms with E-state index in [0.29, 0.717) is 13.2 Å². The summed E-state index contributed by atoms with van der Waals surface area (Å²) in [6.07, 6.45) is 0.717. The molecule has 1 aromatic rings. The molecule has 1 aromatic carbocycles. The summed E-state index contributed by atoms with van der Waals surface area (Å²) in [7, 11) is 1.61. The van der Waals surface area contributed by atoms with Crippen LogP contribution in [-0.2, 0) is 4.74 Å². The Balaban J connectivity index is 2.48. The Labute approximate surface area is 122 Å². The van der Waals surface area contributed by atoms with E-state index in [1.54, 1.807) is 19.2 Å². The zero-order chi connectivity index (χ0) is 13.5. The maximum Gasteiger partial charge on any atom is 0.254 e. The summed E-state index contributed by atoms with van der Waals surface area (Å²) < 4.78 is 18.9. The lowest BCUT2D eigenvalue weighted by Gasteiger charge is -2.10. The smallest absolute Gasteiger partial charge is 0.254 e. The predicted octanol–water partition coefficient (Wildman–Crippen LogP) is 3.12. The molecule has 100 valence electrons. The van der Waals surface area contributed by atoms with Crippen LogP contribution >= 0.6 is 31.9 Å². The maximum atomic E-state index is 13.6. The zero-order valence-electron chi connectivity index (χ0n) is 9.88. The van der Waals surface area contributed by atoms with Crippen molar-refractivity contribution >= 4 is 37.8 Å². The Morgan fingerprint density at radius 2 is 2.28 bits per heavy atom. The van der Waals surface area contributed by atoms with Crippen molar-refractivity contribution in [3.8, 4) is 0 Å². The van der Waals surface area contributed by atoms with Crippen LogP contribution in [0.4, 0.5) is 4.39 Å². The van der Waals surface area contributed by atoms with Gasteiger partial charge in [0, 0.05) is 18.5 Å². The molecule has 0 spiro atoms. The lowest BCUT2D eigenvalue weighted by atomic mass is 10.2. The summed E-state index contributed by atoms with van der Waals surface area (Å²) >= 11 is 6.46. The third-order valence-electron chi connectivity index (χ3n) is 2.29. The molecule has 0 saturated carbocycles. The van der Waals surface area contributed by atoms with Gasteiger partial charge in [0.15, 0.2) is 0 Å². The van der Waals surface area contributed by atoms with Crippen LogP contribution in [0, 0.1) is 5.82 Å². The van der Waals surface area contributed by atoms with Crippen LogP contribution in [0.1, 0.15) is 16.8 Å². The molecular formula is C12H14Br2FNO2. The van der Waals surface area contributed by atoms with E-state index >= 15 is 0 Å². The van der Waals surface area contributed by atoms with Crippen LogP contribution in [0.25, 0.3) is 0 Å². The largest absolute Gasteiger partial charge is 0.384 e. The standard InChI is InChI=1S/C12H14Br2FNO2/c1-18-7-8(13)5-6-16-12(17)9-3-2-4-10(14)11(9)15/h2-4,8H,5-7H2,1H3,(H,16,17). The number of alkyl halides is 1. The number of nitrogens with one attached hydrogen (secondary N) is 1. The summed E-state index contributed by atoms with van der Waals surface area (Å²) in [4.78, 5) is 11.9. The van der Waals surface area contributed by atoms with Crippen LogP contribution in [-0.4, -0.2) is 31.0 Å². The van der Waals surface area contributed by atoms with Crippen molar-refractivity contribution in [3.05, 3.63) is 34.1 Å². The summed E-state index contributed by atoms with van der Waals surface area (Å²) in [5, 5.41) is 2.67. The second-order valence-electron chi connectivity index (χ2n) is 3.70. The summed E-state index contributed by atoms with van der Waals surface area (Å²) in [5.41, 5.74) is 0.0437. The van der Waals surface area contributed by atoms with Crippen molar-refractivity contribution in [2.45, 2.75) is 11.2 Å². The highest BCUT2D eigenvalue weighted by Gasteiger charge is 2.13. The highest BCUT2D eigenvalue weighted by atomic mass is 79.9. The van der Waals surface area contributed by atoms with E-state index in [2.05, 4.69) is 37.2 Å². The predicted molar refractivity (Wildman–Crippen MR) is 75.6 cm³/mol. The number of benzene rings is 1. The van der Waals surface area contributed by atoms with Gasteiger partial charge in [-0.1, -0.05) is 22.0 Å². The zero-order valence-corrected chi connectivity index (χ0v) is 13.1. The number of halogens is 3. The van der Waals surface area contributed by atoms with Crippen LogP contribution < -0.4 is 5.32 Å². The lowest BCUT2D eigenvalue weighted by molar-refractivity contribution is 0.0947. The molecule has 3 nitrogen and oxygen atoms in total. The van der Waals surface area contributed by atoms with Gasteiger partial charge in [0.05, 0.1) is 16.6 Å². The maximum absolute atomic E-state index is 13.6. The number of amides is 1. The van der Waals surface area contributed by atoms with Gasteiger partial charge in [-0.2, -0.15) is 0 Å². The van der Waals surface area contributed by atoms with E-state index in [0.717, 1.165) is 6.42 Å². The van der Waals surface area contributed by atoms with Crippen molar-refractivity contribution in [2.75, 3.05) is 20.3 Å². The third-order valence-corrected chi connectivity index (χ3v) is 3.62. The first-order valence-corrected chi connectivity index (χ1v) is 7.12. The van der Waals surface area contributed by atoms with Crippen LogP contribution in [0.2, 0.25) is 0 Å². The summed E-state index contributed by atoms with van der Waals surface area (Å²) in [6.45, 7) is 1.03. The van der Waals surface area contributed by atoms with E-state index in [1.807, 2.05) is 0 Å². The Bertz CT molecular complexity index is 415. The molecule has 6 heteroatoms. The molecule has 0 saturated heterocycles. The highest BCUT2D eigenvalue weighted by Crippen LogP contribution is 2.18. The van der Waals surface area contributed by atoms with Crippen molar-refractivity contribution < 1.29 is 13.9 Å². The molecule has 0 radical (unpaired) electrons. The molecular weight excluding hydrogens is 369 g/mol. The number of carbonyl (C=O) groups excluding carboxylic acids is 1. The molecule has 1 N–H and O–H groups in total. The first-order valence-electron chi connectivity index (χ1n) is 5.41. The molecule has 0 aliphatic carbocycles. The van der Waals surface area contributed by atoms with E-state index in [9.17, 15) is 9.18 Å². The number of rotatable bonds is 6. The normalized spacial score (nSPS) is 12.2. The summed E-state index contributed by atoms with van der Waals surface area (Å²) in [5.74, 6) is -0.951. The van der Waals surface area contributed by atoms with Crippen molar-refractivity contribution in [2.24, 2.45) is 0 Å². The fourth-order valence-corrected chi connectivity index (χ4v) is 2.24. The van der Waals surface area contributed by atoms with Crippen LogP contribution in [0.15, 0.2) is 22.7 Å². The monoisotopic (exact) mass is 381 g/mol. The molecule has 0 aliphatic rings. The van der Waals surface area contributed by atoms with Gasteiger partial charge in [0.2, 0.25) is 0 Å². The quantitative estimate of drug-likeness (QED) is 0.767. The first kappa shape index (κ1) is 15.6. The molecule has 0 aromatic heterocycles. The Morgan fingerprint density at radius 1 is 1.56 bits per heavy atom. The number of ether oxygens (including phenoxy) is 1. The molecule has 18 heavy (non-hydrogen) atoms. The Morgan fingerprint density at radius 3 is 2.94 bits per heavy atom. The van der Waals surface area contributed by atoms with Crippen molar-refractivity contribution in [3.63, 3.8) is 0 Å². The van der Waals surface area contributed by atoms with Gasteiger partial charge in [-0.3, -0.25) is 4.79 Å². The molecule has 0 fully saturated rings. The SMILES string of the molecule is COCC(Br)CCNC(=O)c1cccc(Br)c1F. The van der Waals surface area contributed by atoms with E-state index in [-0.39, 0.29) is 14.9 Å². The average molecular weight is 383 g/mol. The van der Waals surface area contributed by atoms with Gasteiger partial charge in [0.25, 0.3) is 5.91 Å². The molecule has 1 atom stereocenters. The molecule has 1 unspecified atom stereocenters. The minimum atomic E-state index is -0.540. The van der Waals surface area contributed by atoms with E-state index < -0.39 is 11.7 Å². The second-order valence-corrected chi connectivity index (χ2v) is 5.85. The van der Waals surface area contributed by atoms with Gasteiger partial charge < -0.3 is 10.1 Å². The second kappa shape index (κ2) is 7.86. The van der Waals surface area contributed by atoms with Gasteiger partial charge in [0.1, 0.15) is 5.82 Å². The molecule has 1 rings (SSSR count). The van der Waals surface area contributed by atoms with Crippen molar-refractivity contribution in [1.82, 2.24) is 5.32 Å². The van der Waals surface area contributed by atoms with Crippen LogP contribution in [0.5, 0.6) is 0 Å². The van der Waals surface area contributed by atoms with Gasteiger partial charge in [-0.05, 0) is 34.5 Å². The molecule has 0 heterocycles. The van der Waals surface area contributed by atoms with Gasteiger partial charge in [-0.25, -0.2) is 4.39 Å². The minimum absolute atomic E-state index is 0.0437. The van der Waals surface area contributed by atoms with E-state index in [4.69, 9.17) is 4.74 Å². The van der Waals surface area contributed by atoms with Crippen LogP contribution in [0.3, 0.4) is 0 Å². The Hall–Kier alpha value is -0.460. The molecule has 0 aliphatic heterocycles. The average Bonchev–Trinajstić information content (AvgIpc) is 2.33. The summed E-state index contributed by atoms with van der Waals surface area (Å²) in [6, 6.07) is 4.63. The van der Waals surface area contributed by atoms with E-state index in [1.165, 1.54) is 6.07 Å². The number of hydrogen-bond donors (Lipinski definition) is 1. The van der Waals surface area contributed by atoms with Gasteiger partial charge in [-0.15, -0.1) is 0 Å². The fourth-order valence-electron chi connectivity index (χ4n) is 1.38.